The van der Waals surface area contributed by atoms with Crippen molar-refractivity contribution in [1.82, 2.24) is 15.2 Å². The number of amides is 1. The number of hydrogen-bond acceptors (Lipinski definition) is 5. The number of benzene rings is 1. The van der Waals surface area contributed by atoms with E-state index in [1.54, 1.807) is 7.11 Å². The summed E-state index contributed by atoms with van der Waals surface area (Å²) in [7, 11) is 1.60. The van der Waals surface area contributed by atoms with Gasteiger partial charge in [-0.25, -0.2) is 4.79 Å². The maximum absolute atomic E-state index is 12.3. The van der Waals surface area contributed by atoms with Crippen molar-refractivity contribution in [3.63, 3.8) is 0 Å². The normalized spacial score (nSPS) is 15.3. The van der Waals surface area contributed by atoms with Crippen LogP contribution < -0.4 is 15.6 Å². The predicted octanol–water partition coefficient (Wildman–Crippen LogP) is 3.50. The molecular formula is C21H23N3O4S. The standard InChI is InChI=1S/C21H23N3O4S/c1-28-17-5-4-16-18(15-8-12-29-19(15)20(25)23-16)14(17)3-2-11-24(21(26)27)13-6-9-22-10-7-13/h2-5,8,12-13,22H,6-7,9-11H2,1H3,(H,23,25)(H,26,27). The topological polar surface area (TPSA) is 94.7 Å². The molecule has 0 atom stereocenters. The fraction of sp³-hybridized carbons (Fsp3) is 0.333. The molecule has 1 aromatic carbocycles. The number of nitrogens with one attached hydrogen (secondary N) is 2. The molecule has 1 aliphatic rings. The van der Waals surface area contributed by atoms with Crippen molar-refractivity contribution in [2.45, 2.75) is 18.9 Å². The number of ether oxygens (including phenoxy) is 1. The second-order valence-corrected chi connectivity index (χ2v) is 7.96. The Balaban J connectivity index is 1.73. The Morgan fingerprint density at radius 3 is 2.86 bits per heavy atom. The van der Waals surface area contributed by atoms with Crippen LogP contribution in [-0.2, 0) is 0 Å². The minimum Gasteiger partial charge on any atom is -0.496 e. The number of rotatable bonds is 5. The summed E-state index contributed by atoms with van der Waals surface area (Å²) < 4.78 is 6.22. The molecule has 1 aliphatic heterocycles. The van der Waals surface area contributed by atoms with Crippen molar-refractivity contribution >= 4 is 44.5 Å². The molecule has 152 valence electrons. The average molecular weight is 413 g/mol. The van der Waals surface area contributed by atoms with Crippen molar-refractivity contribution in [2.75, 3.05) is 26.7 Å². The first-order chi connectivity index (χ1) is 14.1. The lowest BCUT2D eigenvalue weighted by Crippen LogP contribution is -2.45. The van der Waals surface area contributed by atoms with E-state index in [2.05, 4.69) is 10.3 Å². The molecule has 1 fully saturated rings. The fourth-order valence-electron chi connectivity index (χ4n) is 3.99. The van der Waals surface area contributed by atoms with E-state index >= 15 is 0 Å². The number of carbonyl (C=O) groups is 1. The van der Waals surface area contributed by atoms with Crippen LogP contribution in [0.25, 0.3) is 27.1 Å². The van der Waals surface area contributed by atoms with Gasteiger partial charge in [0.1, 0.15) is 10.4 Å². The maximum Gasteiger partial charge on any atom is 0.407 e. The number of aromatic nitrogens is 1. The van der Waals surface area contributed by atoms with Crippen molar-refractivity contribution in [1.29, 1.82) is 0 Å². The number of piperidine rings is 1. The minimum absolute atomic E-state index is 0.0211. The molecule has 0 unspecified atom stereocenters. The zero-order valence-corrected chi connectivity index (χ0v) is 16.9. The summed E-state index contributed by atoms with van der Waals surface area (Å²) in [4.78, 5) is 28.5. The quantitative estimate of drug-likeness (QED) is 0.595. The molecule has 3 heterocycles. The third-order valence-corrected chi connectivity index (χ3v) is 6.31. The number of thiophene rings is 1. The van der Waals surface area contributed by atoms with Crippen LogP contribution in [0.15, 0.2) is 34.4 Å². The Labute approximate surface area is 171 Å². The van der Waals surface area contributed by atoms with Crippen molar-refractivity contribution in [3.8, 4) is 5.75 Å². The lowest BCUT2D eigenvalue weighted by atomic mass is 10.0. The van der Waals surface area contributed by atoms with Crippen LogP contribution in [0.2, 0.25) is 0 Å². The number of pyridine rings is 1. The molecule has 0 radical (unpaired) electrons. The lowest BCUT2D eigenvalue weighted by molar-refractivity contribution is 0.121. The van der Waals surface area contributed by atoms with E-state index < -0.39 is 6.09 Å². The van der Waals surface area contributed by atoms with Gasteiger partial charge in [0, 0.05) is 34.4 Å². The maximum atomic E-state index is 12.3. The molecule has 29 heavy (non-hydrogen) atoms. The van der Waals surface area contributed by atoms with Gasteiger partial charge in [0.2, 0.25) is 0 Å². The Bertz CT molecular complexity index is 1130. The Morgan fingerprint density at radius 1 is 1.34 bits per heavy atom. The van der Waals surface area contributed by atoms with Gasteiger partial charge in [-0.1, -0.05) is 12.2 Å². The van der Waals surface area contributed by atoms with Crippen molar-refractivity contribution in [3.05, 3.63) is 45.6 Å². The monoisotopic (exact) mass is 413 g/mol. The van der Waals surface area contributed by atoms with Crippen molar-refractivity contribution in [2.24, 2.45) is 0 Å². The first-order valence-electron chi connectivity index (χ1n) is 9.57. The number of nitrogens with zero attached hydrogens (tertiary/aromatic N) is 1. The van der Waals surface area contributed by atoms with Gasteiger partial charge in [-0.15, -0.1) is 11.3 Å². The molecular weight excluding hydrogens is 390 g/mol. The van der Waals surface area contributed by atoms with Crippen LogP contribution >= 0.6 is 11.3 Å². The third kappa shape index (κ3) is 3.73. The van der Waals surface area contributed by atoms with Crippen LogP contribution in [0.4, 0.5) is 4.79 Å². The van der Waals surface area contributed by atoms with E-state index in [0.717, 1.165) is 47.8 Å². The van der Waals surface area contributed by atoms with Crippen LogP contribution in [0.3, 0.4) is 0 Å². The molecule has 3 aromatic rings. The van der Waals surface area contributed by atoms with Crippen LogP contribution in [0.5, 0.6) is 5.75 Å². The first kappa shape index (κ1) is 19.5. The highest BCUT2D eigenvalue weighted by Gasteiger charge is 2.24. The molecule has 7 nitrogen and oxygen atoms in total. The molecule has 0 aliphatic carbocycles. The molecule has 0 bridgehead atoms. The van der Waals surface area contributed by atoms with Gasteiger partial charge in [0.05, 0.1) is 7.11 Å². The molecule has 8 heteroatoms. The van der Waals surface area contributed by atoms with E-state index in [-0.39, 0.29) is 11.6 Å². The molecule has 4 rings (SSSR count). The van der Waals surface area contributed by atoms with Gasteiger partial charge < -0.3 is 25.0 Å². The van der Waals surface area contributed by atoms with Gasteiger partial charge in [0.25, 0.3) is 5.56 Å². The Hall–Kier alpha value is -2.84. The van der Waals surface area contributed by atoms with Gasteiger partial charge in [-0.2, -0.15) is 0 Å². The molecule has 1 saturated heterocycles. The second-order valence-electron chi connectivity index (χ2n) is 7.04. The third-order valence-electron chi connectivity index (χ3n) is 5.40. The highest BCUT2D eigenvalue weighted by molar-refractivity contribution is 7.17. The first-order valence-corrected chi connectivity index (χ1v) is 10.4. The van der Waals surface area contributed by atoms with E-state index in [4.69, 9.17) is 4.74 Å². The fourth-order valence-corrected chi connectivity index (χ4v) is 4.78. The molecule has 2 aromatic heterocycles. The molecule has 0 spiro atoms. The zero-order chi connectivity index (χ0) is 20.4. The molecule has 3 N–H and O–H groups in total. The van der Waals surface area contributed by atoms with Crippen LogP contribution in [-0.4, -0.2) is 53.9 Å². The number of carboxylic acid groups (broad SMARTS) is 1. The van der Waals surface area contributed by atoms with E-state index in [1.807, 2.05) is 35.7 Å². The number of methoxy groups -OCH3 is 1. The van der Waals surface area contributed by atoms with E-state index in [0.29, 0.717) is 17.0 Å². The average Bonchev–Trinajstić information content (AvgIpc) is 3.22. The molecule has 1 amide bonds. The summed E-state index contributed by atoms with van der Waals surface area (Å²) in [6.45, 7) is 1.97. The summed E-state index contributed by atoms with van der Waals surface area (Å²) in [6.07, 6.45) is 4.48. The summed E-state index contributed by atoms with van der Waals surface area (Å²) in [5.74, 6) is 0.678. The SMILES string of the molecule is COc1ccc2[nH]c(=O)c3sccc3c2c1C=CCN(C(=O)O)C1CCNCC1. The number of hydrogen-bond donors (Lipinski definition) is 3. The summed E-state index contributed by atoms with van der Waals surface area (Å²) in [6, 6.07) is 5.61. The highest BCUT2D eigenvalue weighted by Crippen LogP contribution is 2.34. The lowest BCUT2D eigenvalue weighted by Gasteiger charge is -2.31. The zero-order valence-electron chi connectivity index (χ0n) is 16.1. The van der Waals surface area contributed by atoms with Gasteiger partial charge in [-0.05, 0) is 49.5 Å². The summed E-state index contributed by atoms with van der Waals surface area (Å²) in [5, 5.41) is 16.6. The smallest absolute Gasteiger partial charge is 0.407 e. The summed E-state index contributed by atoms with van der Waals surface area (Å²) in [5.41, 5.74) is 1.46. The van der Waals surface area contributed by atoms with Crippen LogP contribution in [0.1, 0.15) is 18.4 Å². The second kappa shape index (κ2) is 8.26. The van der Waals surface area contributed by atoms with Gasteiger partial charge in [-0.3, -0.25) is 4.79 Å². The minimum atomic E-state index is -0.906. The Kier molecular flexibility index (Phi) is 5.55. The summed E-state index contributed by atoms with van der Waals surface area (Å²) >= 11 is 1.40. The molecule has 0 saturated carbocycles. The highest BCUT2D eigenvalue weighted by atomic mass is 32.1. The Morgan fingerprint density at radius 2 is 2.14 bits per heavy atom. The number of fused-ring (bicyclic) bond motifs is 3. The van der Waals surface area contributed by atoms with Crippen LogP contribution in [0, 0.1) is 0 Å². The van der Waals surface area contributed by atoms with Crippen molar-refractivity contribution < 1.29 is 14.6 Å². The number of aromatic amines is 1. The van der Waals surface area contributed by atoms with E-state index in [9.17, 15) is 14.7 Å². The number of H-pyrrole nitrogens is 1. The van der Waals surface area contributed by atoms with Gasteiger partial charge >= 0.3 is 6.09 Å². The van der Waals surface area contributed by atoms with Gasteiger partial charge in [0.15, 0.2) is 0 Å². The predicted molar refractivity (Wildman–Crippen MR) is 116 cm³/mol. The van der Waals surface area contributed by atoms with E-state index in [1.165, 1.54) is 16.2 Å². The largest absolute Gasteiger partial charge is 0.496 e.